The molecule has 1 aliphatic heterocycles. The first-order chi connectivity index (χ1) is 13.2. The third-order valence-electron chi connectivity index (χ3n) is 4.79. The van der Waals surface area contributed by atoms with Crippen LogP contribution in [0.5, 0.6) is 0 Å². The summed E-state index contributed by atoms with van der Waals surface area (Å²) in [5.74, 6) is 0.743. The summed E-state index contributed by atoms with van der Waals surface area (Å²) in [4.78, 5) is 15.8. The van der Waals surface area contributed by atoms with E-state index in [2.05, 4.69) is 9.88 Å². The smallest absolute Gasteiger partial charge is 0.148 e. The Labute approximate surface area is 167 Å². The van der Waals surface area contributed by atoms with Gasteiger partial charge in [0.25, 0.3) is 0 Å². The van der Waals surface area contributed by atoms with Crippen LogP contribution in [0.15, 0.2) is 48.9 Å². The maximum Gasteiger partial charge on any atom is 0.148 e. The number of anilines is 1. The molecule has 27 heavy (non-hydrogen) atoms. The van der Waals surface area contributed by atoms with Crippen LogP contribution in [0.4, 0.5) is 5.82 Å². The lowest BCUT2D eigenvalue weighted by molar-refractivity contribution is 0.266. The SMILES string of the molecule is OC[C@H]1CCCN1c1cnc(-c2ccc(Cl)cc2)c(-c2ccncc2Cl)n1. The van der Waals surface area contributed by atoms with Gasteiger partial charge in [0.1, 0.15) is 11.5 Å². The Kier molecular flexibility index (Phi) is 5.25. The van der Waals surface area contributed by atoms with Gasteiger partial charge in [0, 0.05) is 35.1 Å². The summed E-state index contributed by atoms with van der Waals surface area (Å²) in [6.45, 7) is 0.954. The molecular weight excluding hydrogens is 383 g/mol. The minimum absolute atomic E-state index is 0.0708. The van der Waals surface area contributed by atoms with Crippen LogP contribution >= 0.6 is 23.2 Å². The summed E-state index contributed by atoms with van der Waals surface area (Å²) in [6, 6.07) is 9.39. The third-order valence-corrected chi connectivity index (χ3v) is 5.34. The normalized spacial score (nSPS) is 16.7. The lowest BCUT2D eigenvalue weighted by Crippen LogP contribution is -2.32. The van der Waals surface area contributed by atoms with E-state index in [1.165, 1.54) is 0 Å². The van der Waals surface area contributed by atoms with E-state index in [0.29, 0.717) is 15.7 Å². The number of nitrogens with zero attached hydrogens (tertiary/aromatic N) is 4. The second-order valence-corrected chi connectivity index (χ2v) is 7.30. The Hall–Kier alpha value is -2.21. The van der Waals surface area contributed by atoms with Gasteiger partial charge in [-0.2, -0.15) is 0 Å². The molecule has 1 aliphatic rings. The quantitative estimate of drug-likeness (QED) is 0.699. The predicted molar refractivity (Wildman–Crippen MR) is 108 cm³/mol. The number of benzene rings is 1. The molecule has 0 saturated carbocycles. The highest BCUT2D eigenvalue weighted by Crippen LogP contribution is 2.35. The van der Waals surface area contributed by atoms with Crippen LogP contribution in [0.2, 0.25) is 10.0 Å². The minimum atomic E-state index is 0.0708. The van der Waals surface area contributed by atoms with Crippen molar-refractivity contribution < 1.29 is 5.11 Å². The van der Waals surface area contributed by atoms with Gasteiger partial charge < -0.3 is 10.0 Å². The van der Waals surface area contributed by atoms with E-state index in [4.69, 9.17) is 33.2 Å². The fourth-order valence-electron chi connectivity index (χ4n) is 3.42. The van der Waals surface area contributed by atoms with Gasteiger partial charge in [-0.15, -0.1) is 0 Å². The van der Waals surface area contributed by atoms with Crippen molar-refractivity contribution in [3.05, 3.63) is 59.0 Å². The van der Waals surface area contributed by atoms with Crippen LogP contribution in [0.1, 0.15) is 12.8 Å². The Bertz CT molecular complexity index is 949. The molecule has 0 aliphatic carbocycles. The maximum absolute atomic E-state index is 9.66. The van der Waals surface area contributed by atoms with E-state index in [0.717, 1.165) is 42.0 Å². The Morgan fingerprint density at radius 1 is 1.07 bits per heavy atom. The molecule has 1 aromatic carbocycles. The number of rotatable bonds is 4. The van der Waals surface area contributed by atoms with Crippen molar-refractivity contribution in [2.75, 3.05) is 18.1 Å². The van der Waals surface area contributed by atoms with Gasteiger partial charge in [-0.3, -0.25) is 9.97 Å². The third kappa shape index (κ3) is 3.63. The van der Waals surface area contributed by atoms with Gasteiger partial charge in [-0.1, -0.05) is 35.3 Å². The monoisotopic (exact) mass is 400 g/mol. The zero-order chi connectivity index (χ0) is 18.8. The summed E-state index contributed by atoms with van der Waals surface area (Å²) in [6.07, 6.45) is 7.02. The second kappa shape index (κ2) is 7.80. The highest BCUT2D eigenvalue weighted by Gasteiger charge is 2.26. The molecule has 0 unspecified atom stereocenters. The van der Waals surface area contributed by atoms with Crippen LogP contribution in [0, 0.1) is 0 Å². The topological polar surface area (TPSA) is 62.1 Å². The molecule has 0 spiro atoms. The average molecular weight is 401 g/mol. The van der Waals surface area contributed by atoms with Crippen LogP contribution in [0.25, 0.3) is 22.5 Å². The number of hydrogen-bond donors (Lipinski definition) is 1. The van der Waals surface area contributed by atoms with Gasteiger partial charge >= 0.3 is 0 Å². The molecule has 3 heterocycles. The molecule has 4 rings (SSSR count). The van der Waals surface area contributed by atoms with Gasteiger partial charge in [0.05, 0.1) is 29.6 Å². The van der Waals surface area contributed by atoms with E-state index in [1.54, 1.807) is 18.6 Å². The molecule has 1 fully saturated rings. The highest BCUT2D eigenvalue weighted by atomic mass is 35.5. The summed E-state index contributed by atoms with van der Waals surface area (Å²) in [5.41, 5.74) is 3.08. The number of aliphatic hydroxyl groups excluding tert-OH is 1. The largest absolute Gasteiger partial charge is 0.394 e. The summed E-state index contributed by atoms with van der Waals surface area (Å²) in [7, 11) is 0. The molecule has 138 valence electrons. The van der Waals surface area contributed by atoms with E-state index in [-0.39, 0.29) is 12.6 Å². The van der Waals surface area contributed by atoms with Crippen molar-refractivity contribution in [3.63, 3.8) is 0 Å². The Balaban J connectivity index is 1.86. The van der Waals surface area contributed by atoms with E-state index in [9.17, 15) is 5.11 Å². The molecule has 0 bridgehead atoms. The van der Waals surface area contributed by atoms with Gasteiger partial charge in [0.2, 0.25) is 0 Å². The van der Waals surface area contributed by atoms with Crippen molar-refractivity contribution in [1.82, 2.24) is 15.0 Å². The number of hydrogen-bond acceptors (Lipinski definition) is 5. The maximum atomic E-state index is 9.66. The first-order valence-electron chi connectivity index (χ1n) is 8.77. The fraction of sp³-hybridized carbons (Fsp3) is 0.250. The summed E-state index contributed by atoms with van der Waals surface area (Å²) < 4.78 is 0. The number of halogens is 2. The molecule has 1 atom stereocenters. The molecule has 1 saturated heterocycles. The van der Waals surface area contributed by atoms with Crippen molar-refractivity contribution in [2.24, 2.45) is 0 Å². The molecule has 1 N–H and O–H groups in total. The van der Waals surface area contributed by atoms with Crippen molar-refractivity contribution >= 4 is 29.0 Å². The Morgan fingerprint density at radius 2 is 1.89 bits per heavy atom. The van der Waals surface area contributed by atoms with Gasteiger partial charge in [0.15, 0.2) is 0 Å². The average Bonchev–Trinajstić information content (AvgIpc) is 3.17. The second-order valence-electron chi connectivity index (χ2n) is 6.46. The molecular formula is C20H18Cl2N4O. The molecule has 7 heteroatoms. The minimum Gasteiger partial charge on any atom is -0.394 e. The fourth-order valence-corrected chi connectivity index (χ4v) is 3.75. The highest BCUT2D eigenvalue weighted by molar-refractivity contribution is 6.33. The van der Waals surface area contributed by atoms with Crippen molar-refractivity contribution in [1.29, 1.82) is 0 Å². The van der Waals surface area contributed by atoms with E-state index >= 15 is 0 Å². The van der Waals surface area contributed by atoms with E-state index in [1.807, 2.05) is 30.3 Å². The molecule has 3 aromatic rings. The van der Waals surface area contributed by atoms with Crippen molar-refractivity contribution in [3.8, 4) is 22.5 Å². The lowest BCUT2D eigenvalue weighted by atomic mass is 10.0. The Morgan fingerprint density at radius 3 is 2.63 bits per heavy atom. The first-order valence-corrected chi connectivity index (χ1v) is 9.53. The van der Waals surface area contributed by atoms with Crippen molar-refractivity contribution in [2.45, 2.75) is 18.9 Å². The van der Waals surface area contributed by atoms with Crippen LogP contribution in [-0.2, 0) is 0 Å². The van der Waals surface area contributed by atoms with Crippen LogP contribution in [0.3, 0.4) is 0 Å². The summed E-state index contributed by atoms with van der Waals surface area (Å²) in [5, 5.41) is 10.8. The number of aromatic nitrogens is 3. The molecule has 0 radical (unpaired) electrons. The number of pyridine rings is 1. The zero-order valence-corrected chi connectivity index (χ0v) is 16.0. The van der Waals surface area contributed by atoms with Crippen LogP contribution < -0.4 is 4.90 Å². The predicted octanol–water partition coefficient (Wildman–Crippen LogP) is 4.47. The van der Waals surface area contributed by atoms with E-state index < -0.39 is 0 Å². The molecule has 2 aromatic heterocycles. The zero-order valence-electron chi connectivity index (χ0n) is 14.5. The lowest BCUT2D eigenvalue weighted by Gasteiger charge is -2.25. The summed E-state index contributed by atoms with van der Waals surface area (Å²) >= 11 is 12.4. The van der Waals surface area contributed by atoms with Gasteiger partial charge in [-0.25, -0.2) is 4.98 Å². The first kappa shape index (κ1) is 18.2. The molecule has 5 nitrogen and oxygen atoms in total. The number of aliphatic hydroxyl groups is 1. The molecule has 0 amide bonds. The van der Waals surface area contributed by atoms with Gasteiger partial charge in [-0.05, 0) is 31.0 Å². The standard InChI is InChI=1S/C20H18Cl2N4O/c21-14-5-3-13(4-6-14)19-20(16-7-8-23-10-17(16)22)25-18(11-24-19)26-9-1-2-15(26)12-27/h3-8,10-11,15,27H,1-2,9,12H2/t15-/m1/s1. The van der Waals surface area contributed by atoms with Crippen LogP contribution in [-0.4, -0.2) is 39.3 Å².